The lowest BCUT2D eigenvalue weighted by Gasteiger charge is -2.43. The minimum absolute atomic E-state index is 0.394. The van der Waals surface area contributed by atoms with E-state index in [9.17, 15) is 24.0 Å². The monoisotopic (exact) mass is 482 g/mol. The molecule has 0 spiro atoms. The number of ether oxygens (including phenoxy) is 7. The lowest BCUT2D eigenvalue weighted by atomic mass is 9.98. The second-order valence-corrected chi connectivity index (χ2v) is 7.16. The van der Waals surface area contributed by atoms with E-state index in [2.05, 4.69) is 0 Å². The molecule has 12 heteroatoms. The molecule has 34 heavy (non-hydrogen) atoms. The molecule has 0 radical (unpaired) electrons. The molecule has 0 aliphatic carbocycles. The summed E-state index contributed by atoms with van der Waals surface area (Å²) in [5, 5.41) is 0. The first kappa shape index (κ1) is 26.6. The Balaban J connectivity index is 2.33. The number of para-hydroxylation sites is 1. The summed E-state index contributed by atoms with van der Waals surface area (Å²) in [6.45, 7) is 3.43. The van der Waals surface area contributed by atoms with Crippen LogP contribution in [0.3, 0.4) is 0 Å². The maximum atomic E-state index is 12.6. The Morgan fingerprint density at radius 3 is 1.88 bits per heavy atom. The van der Waals surface area contributed by atoms with Crippen molar-refractivity contribution < 1.29 is 57.1 Å². The van der Waals surface area contributed by atoms with Crippen molar-refractivity contribution in [2.75, 3.05) is 13.2 Å². The Morgan fingerprint density at radius 2 is 1.32 bits per heavy atom. The van der Waals surface area contributed by atoms with Gasteiger partial charge in [0, 0.05) is 27.7 Å². The van der Waals surface area contributed by atoms with Crippen molar-refractivity contribution >= 4 is 29.8 Å². The first-order valence-electron chi connectivity index (χ1n) is 10.2. The first-order valence-corrected chi connectivity index (χ1v) is 10.2. The van der Waals surface area contributed by atoms with Crippen LogP contribution < -0.4 is 4.74 Å². The van der Waals surface area contributed by atoms with Crippen LogP contribution in [-0.4, -0.2) is 73.8 Å². The third-order valence-electron chi connectivity index (χ3n) is 4.30. The van der Waals surface area contributed by atoms with Crippen LogP contribution in [0.25, 0.3) is 0 Å². The van der Waals surface area contributed by atoms with Crippen molar-refractivity contribution in [1.29, 1.82) is 0 Å². The standard InChI is InChI=1S/C22H26O12/c1-12(23)28-10-17-19(30-13(2)24)20(21(31-14(3)25)22(33-17)32-15(4)26)34-18(27)11-29-16-8-6-5-7-9-16/h5-9,17,19-22H,10-11H2,1-4H3/t17-,19-,20+,21-,22+/m1/s1. The average molecular weight is 482 g/mol. The molecule has 0 amide bonds. The van der Waals surface area contributed by atoms with Crippen molar-refractivity contribution in [1.82, 2.24) is 0 Å². The molecule has 1 heterocycles. The Hall–Kier alpha value is -3.67. The molecule has 5 atom stereocenters. The van der Waals surface area contributed by atoms with Gasteiger partial charge < -0.3 is 33.2 Å². The largest absolute Gasteiger partial charge is 0.482 e. The predicted octanol–water partition coefficient (Wildman–Crippen LogP) is 0.692. The van der Waals surface area contributed by atoms with Gasteiger partial charge in [-0.25, -0.2) is 4.79 Å². The van der Waals surface area contributed by atoms with Crippen molar-refractivity contribution in [3.63, 3.8) is 0 Å². The highest BCUT2D eigenvalue weighted by atomic mass is 16.7. The molecule has 0 unspecified atom stereocenters. The third kappa shape index (κ3) is 8.35. The smallest absolute Gasteiger partial charge is 0.344 e. The van der Waals surface area contributed by atoms with Gasteiger partial charge in [-0.3, -0.25) is 19.2 Å². The third-order valence-corrected chi connectivity index (χ3v) is 4.30. The molecule has 1 saturated heterocycles. The maximum absolute atomic E-state index is 12.6. The van der Waals surface area contributed by atoms with E-state index in [4.69, 9.17) is 33.2 Å². The Morgan fingerprint density at radius 1 is 0.735 bits per heavy atom. The molecule has 2 rings (SSSR count). The second kappa shape index (κ2) is 12.5. The molecule has 0 bridgehead atoms. The van der Waals surface area contributed by atoms with Crippen molar-refractivity contribution in [2.45, 2.75) is 58.4 Å². The number of benzene rings is 1. The Bertz CT molecular complexity index is 883. The Kier molecular flexibility index (Phi) is 9.80. The fourth-order valence-corrected chi connectivity index (χ4v) is 3.10. The summed E-state index contributed by atoms with van der Waals surface area (Å²) in [4.78, 5) is 59.1. The normalized spacial score (nSPS) is 23.7. The molecule has 1 aliphatic rings. The van der Waals surface area contributed by atoms with E-state index < -0.39 is 73.8 Å². The summed E-state index contributed by atoms with van der Waals surface area (Å²) in [5.74, 6) is -3.57. The van der Waals surface area contributed by atoms with E-state index in [1.165, 1.54) is 0 Å². The fourth-order valence-electron chi connectivity index (χ4n) is 3.10. The van der Waals surface area contributed by atoms with E-state index in [-0.39, 0.29) is 0 Å². The highest BCUT2D eigenvalue weighted by Gasteiger charge is 2.53. The molecule has 1 aromatic carbocycles. The number of rotatable bonds is 9. The summed E-state index contributed by atoms with van der Waals surface area (Å²) >= 11 is 0. The van der Waals surface area contributed by atoms with E-state index >= 15 is 0 Å². The van der Waals surface area contributed by atoms with Gasteiger partial charge in [0.2, 0.25) is 12.4 Å². The molecule has 0 aromatic heterocycles. The number of carbonyl (C=O) groups excluding carboxylic acids is 5. The topological polar surface area (TPSA) is 150 Å². The zero-order chi connectivity index (χ0) is 25.3. The summed E-state index contributed by atoms with van der Waals surface area (Å²) in [7, 11) is 0. The summed E-state index contributed by atoms with van der Waals surface area (Å²) in [6.07, 6.45) is -7.15. The van der Waals surface area contributed by atoms with Crippen LogP contribution in [0.1, 0.15) is 27.7 Å². The summed E-state index contributed by atoms with van der Waals surface area (Å²) < 4.78 is 37.0. The zero-order valence-corrected chi connectivity index (χ0v) is 19.1. The zero-order valence-electron chi connectivity index (χ0n) is 19.1. The van der Waals surface area contributed by atoms with Crippen molar-refractivity contribution in [2.24, 2.45) is 0 Å². The van der Waals surface area contributed by atoms with E-state index in [0.717, 1.165) is 27.7 Å². The molecular formula is C22H26O12. The molecule has 1 fully saturated rings. The van der Waals surface area contributed by atoms with Crippen LogP contribution in [0.2, 0.25) is 0 Å². The second-order valence-electron chi connectivity index (χ2n) is 7.16. The maximum Gasteiger partial charge on any atom is 0.344 e. The highest BCUT2D eigenvalue weighted by Crippen LogP contribution is 2.30. The van der Waals surface area contributed by atoms with Crippen molar-refractivity contribution in [3.8, 4) is 5.75 Å². The van der Waals surface area contributed by atoms with Gasteiger partial charge in [-0.15, -0.1) is 0 Å². The summed E-state index contributed by atoms with van der Waals surface area (Å²) in [6, 6.07) is 8.42. The number of hydrogen-bond acceptors (Lipinski definition) is 12. The van der Waals surface area contributed by atoms with Crippen LogP contribution in [0.15, 0.2) is 30.3 Å². The number of carbonyl (C=O) groups is 5. The van der Waals surface area contributed by atoms with Gasteiger partial charge in [0.1, 0.15) is 18.5 Å². The first-order chi connectivity index (χ1) is 16.1. The molecule has 186 valence electrons. The molecule has 12 nitrogen and oxygen atoms in total. The molecule has 1 aromatic rings. The van der Waals surface area contributed by atoms with Crippen LogP contribution in [0.5, 0.6) is 5.75 Å². The predicted molar refractivity (Wildman–Crippen MR) is 110 cm³/mol. The van der Waals surface area contributed by atoms with Crippen LogP contribution in [0, 0.1) is 0 Å². The summed E-state index contributed by atoms with van der Waals surface area (Å²) in [5.41, 5.74) is 0. The van der Waals surface area contributed by atoms with Gasteiger partial charge >= 0.3 is 29.8 Å². The van der Waals surface area contributed by atoms with Gasteiger partial charge in [-0.2, -0.15) is 0 Å². The van der Waals surface area contributed by atoms with Gasteiger partial charge in [0.05, 0.1) is 0 Å². The molecule has 0 saturated carbocycles. The van der Waals surface area contributed by atoms with Crippen LogP contribution in [0.4, 0.5) is 0 Å². The van der Waals surface area contributed by atoms with Crippen LogP contribution in [-0.2, 0) is 52.4 Å². The van der Waals surface area contributed by atoms with Gasteiger partial charge in [0.15, 0.2) is 18.8 Å². The SMILES string of the molecule is CC(=O)OC[C@H]1O[C@H](OC(C)=O)[C@H](OC(C)=O)[C@@H](OC(=O)COc2ccccc2)[C@@H]1OC(C)=O. The number of esters is 5. The van der Waals surface area contributed by atoms with Crippen molar-refractivity contribution in [3.05, 3.63) is 30.3 Å². The Labute approximate surface area is 195 Å². The average Bonchev–Trinajstić information content (AvgIpc) is 2.74. The quantitative estimate of drug-likeness (QED) is 0.360. The molecule has 1 aliphatic heterocycles. The lowest BCUT2D eigenvalue weighted by Crippen LogP contribution is -2.63. The lowest BCUT2D eigenvalue weighted by molar-refractivity contribution is -0.300. The molecule has 0 N–H and O–H groups in total. The van der Waals surface area contributed by atoms with Gasteiger partial charge in [0.25, 0.3) is 0 Å². The van der Waals surface area contributed by atoms with E-state index in [1.54, 1.807) is 30.3 Å². The van der Waals surface area contributed by atoms with Gasteiger partial charge in [-0.05, 0) is 12.1 Å². The van der Waals surface area contributed by atoms with Crippen LogP contribution >= 0.6 is 0 Å². The fraction of sp³-hybridized carbons (Fsp3) is 0.500. The van der Waals surface area contributed by atoms with E-state index in [1.807, 2.05) is 0 Å². The highest BCUT2D eigenvalue weighted by molar-refractivity contribution is 5.72. The number of hydrogen-bond donors (Lipinski definition) is 0. The van der Waals surface area contributed by atoms with Gasteiger partial charge in [-0.1, -0.05) is 18.2 Å². The van der Waals surface area contributed by atoms with E-state index in [0.29, 0.717) is 5.75 Å². The molecular weight excluding hydrogens is 456 g/mol. The minimum Gasteiger partial charge on any atom is -0.482 e. The minimum atomic E-state index is -1.55.